The molecule has 0 unspecified atom stereocenters. The van der Waals surface area contributed by atoms with Crippen LogP contribution in [0.4, 0.5) is 11.9 Å². The lowest BCUT2D eigenvalue weighted by Crippen LogP contribution is -2.15. The van der Waals surface area contributed by atoms with E-state index in [9.17, 15) is 0 Å². The quantitative estimate of drug-likeness (QED) is 0.934. The topological polar surface area (TPSA) is 67.9 Å². The van der Waals surface area contributed by atoms with Gasteiger partial charge in [-0.3, -0.25) is 0 Å². The second-order valence-corrected chi connectivity index (χ2v) is 5.68. The molecule has 5 nitrogen and oxygen atoms in total. The summed E-state index contributed by atoms with van der Waals surface area (Å²) in [7, 11) is 3.73. The maximum atomic E-state index is 5.67. The number of rotatable bonds is 3. The zero-order chi connectivity index (χ0) is 13.1. The van der Waals surface area contributed by atoms with E-state index in [0.717, 1.165) is 9.37 Å². The van der Waals surface area contributed by atoms with Crippen LogP contribution in [0.5, 0.6) is 0 Å². The molecule has 7 heteroatoms. The molecule has 0 spiro atoms. The first kappa shape index (κ1) is 13.1. The summed E-state index contributed by atoms with van der Waals surface area (Å²) in [5.74, 6) is 0.787. The summed E-state index contributed by atoms with van der Waals surface area (Å²) in [5, 5.41) is 0.591. The zero-order valence-electron chi connectivity index (χ0n) is 9.96. The van der Waals surface area contributed by atoms with Crippen LogP contribution in [0.2, 0.25) is 0 Å². The minimum atomic E-state index is 0.230. The van der Waals surface area contributed by atoms with Crippen LogP contribution in [-0.4, -0.2) is 29.0 Å². The van der Waals surface area contributed by atoms with Crippen molar-refractivity contribution in [3.8, 4) is 0 Å². The average molecular weight is 326 g/mol. The van der Waals surface area contributed by atoms with E-state index >= 15 is 0 Å². The van der Waals surface area contributed by atoms with Gasteiger partial charge in [0.25, 0.3) is 0 Å². The van der Waals surface area contributed by atoms with E-state index in [2.05, 4.69) is 30.9 Å². The number of nitrogens with two attached hydrogens (primary N) is 1. The van der Waals surface area contributed by atoms with E-state index in [-0.39, 0.29) is 5.95 Å². The molecule has 0 aliphatic carbocycles. The van der Waals surface area contributed by atoms with E-state index in [0.29, 0.717) is 11.1 Å². The molecule has 2 rings (SSSR count). The van der Waals surface area contributed by atoms with Crippen LogP contribution in [0.25, 0.3) is 0 Å². The van der Waals surface area contributed by atoms with Crippen LogP contribution in [0, 0.1) is 0 Å². The third kappa shape index (κ3) is 3.33. The summed E-state index contributed by atoms with van der Waals surface area (Å²) >= 11 is 4.85. The molecule has 2 N–H and O–H groups in total. The summed E-state index contributed by atoms with van der Waals surface area (Å²) in [5.41, 5.74) is 5.67. The van der Waals surface area contributed by atoms with Gasteiger partial charge in [-0.15, -0.1) is 0 Å². The second-order valence-electron chi connectivity index (χ2n) is 3.73. The molecule has 1 heterocycles. The molecule has 0 radical (unpaired) electrons. The van der Waals surface area contributed by atoms with Gasteiger partial charge in [-0.1, -0.05) is 15.9 Å². The van der Waals surface area contributed by atoms with Crippen molar-refractivity contribution in [3.63, 3.8) is 0 Å². The zero-order valence-corrected chi connectivity index (χ0v) is 12.4. The standard InChI is InChI=1S/C11H12BrN5S/c1-17(2)10-14-9(13)15-11(16-10)18-8-5-3-7(12)4-6-8/h3-6H,1-2H3,(H2,13,14,15,16). The van der Waals surface area contributed by atoms with E-state index in [4.69, 9.17) is 5.73 Å². The van der Waals surface area contributed by atoms with Gasteiger partial charge in [0.05, 0.1) is 0 Å². The number of hydrogen-bond donors (Lipinski definition) is 1. The smallest absolute Gasteiger partial charge is 0.230 e. The van der Waals surface area contributed by atoms with Crippen molar-refractivity contribution in [2.45, 2.75) is 10.1 Å². The lowest BCUT2D eigenvalue weighted by Gasteiger charge is -2.10. The SMILES string of the molecule is CN(C)c1nc(N)nc(Sc2ccc(Br)cc2)n1. The molecule has 0 aliphatic rings. The Kier molecular flexibility index (Phi) is 4.03. The molecular formula is C11H12BrN5S. The molecule has 0 amide bonds. The number of nitrogen functional groups attached to an aromatic ring is 1. The predicted molar refractivity (Wildman–Crippen MR) is 76.8 cm³/mol. The fourth-order valence-corrected chi connectivity index (χ4v) is 2.23. The fourth-order valence-electron chi connectivity index (χ4n) is 1.21. The monoisotopic (exact) mass is 325 g/mol. The summed E-state index contributed by atoms with van der Waals surface area (Å²) in [6.45, 7) is 0. The van der Waals surface area contributed by atoms with E-state index in [1.54, 1.807) is 4.90 Å². The van der Waals surface area contributed by atoms with Crippen molar-refractivity contribution in [2.75, 3.05) is 24.7 Å². The number of anilines is 2. The number of nitrogens with zero attached hydrogens (tertiary/aromatic N) is 4. The van der Waals surface area contributed by atoms with Gasteiger partial charge in [0.2, 0.25) is 11.9 Å². The summed E-state index contributed by atoms with van der Waals surface area (Å²) < 4.78 is 1.04. The Hall–Kier alpha value is -1.34. The van der Waals surface area contributed by atoms with E-state index in [1.807, 2.05) is 38.4 Å². The Bertz CT molecular complexity index is 544. The van der Waals surface area contributed by atoms with Crippen LogP contribution in [-0.2, 0) is 0 Å². The first-order valence-corrected chi connectivity index (χ1v) is 6.78. The highest BCUT2D eigenvalue weighted by Crippen LogP contribution is 2.27. The molecule has 0 saturated carbocycles. The van der Waals surface area contributed by atoms with Gasteiger partial charge in [0, 0.05) is 23.5 Å². The fraction of sp³-hybridized carbons (Fsp3) is 0.182. The van der Waals surface area contributed by atoms with Gasteiger partial charge < -0.3 is 10.6 Å². The predicted octanol–water partition coefficient (Wildman–Crippen LogP) is 2.43. The summed E-state index contributed by atoms with van der Waals surface area (Å²) in [6.07, 6.45) is 0. The molecule has 0 bridgehead atoms. The molecule has 94 valence electrons. The average Bonchev–Trinajstić information content (AvgIpc) is 2.31. The van der Waals surface area contributed by atoms with E-state index < -0.39 is 0 Å². The largest absolute Gasteiger partial charge is 0.368 e. The summed E-state index contributed by atoms with van der Waals surface area (Å²) in [6, 6.07) is 7.92. The highest BCUT2D eigenvalue weighted by atomic mass is 79.9. The van der Waals surface area contributed by atoms with Crippen molar-refractivity contribution in [1.82, 2.24) is 15.0 Å². The van der Waals surface area contributed by atoms with Crippen LogP contribution in [0.15, 0.2) is 38.8 Å². The van der Waals surface area contributed by atoms with Gasteiger partial charge in [-0.2, -0.15) is 15.0 Å². The Morgan fingerprint density at radius 3 is 2.39 bits per heavy atom. The van der Waals surface area contributed by atoms with Crippen LogP contribution in [0.3, 0.4) is 0 Å². The van der Waals surface area contributed by atoms with E-state index in [1.165, 1.54) is 11.8 Å². The Morgan fingerprint density at radius 2 is 1.78 bits per heavy atom. The number of halogens is 1. The van der Waals surface area contributed by atoms with Crippen LogP contribution >= 0.6 is 27.7 Å². The molecule has 2 aromatic rings. The Balaban J connectivity index is 2.26. The number of benzene rings is 1. The maximum absolute atomic E-state index is 5.67. The van der Waals surface area contributed by atoms with Gasteiger partial charge in [-0.05, 0) is 36.0 Å². The minimum absolute atomic E-state index is 0.230. The number of aromatic nitrogens is 3. The summed E-state index contributed by atoms with van der Waals surface area (Å²) in [4.78, 5) is 15.3. The lowest BCUT2D eigenvalue weighted by molar-refractivity contribution is 0.876. The Labute approximate surface area is 118 Å². The lowest BCUT2D eigenvalue weighted by atomic mass is 10.4. The maximum Gasteiger partial charge on any atom is 0.230 e. The van der Waals surface area contributed by atoms with Gasteiger partial charge >= 0.3 is 0 Å². The van der Waals surface area contributed by atoms with Crippen molar-refractivity contribution in [3.05, 3.63) is 28.7 Å². The normalized spacial score (nSPS) is 10.4. The molecule has 1 aromatic heterocycles. The molecule has 0 saturated heterocycles. The van der Waals surface area contributed by atoms with Crippen molar-refractivity contribution >= 4 is 39.6 Å². The molecule has 0 atom stereocenters. The highest BCUT2D eigenvalue weighted by molar-refractivity contribution is 9.10. The first-order chi connectivity index (χ1) is 8.54. The van der Waals surface area contributed by atoms with Gasteiger partial charge in [0.15, 0.2) is 5.16 Å². The van der Waals surface area contributed by atoms with Crippen LogP contribution in [0.1, 0.15) is 0 Å². The molecule has 0 aliphatic heterocycles. The molecular weight excluding hydrogens is 314 g/mol. The number of hydrogen-bond acceptors (Lipinski definition) is 6. The van der Waals surface area contributed by atoms with Gasteiger partial charge in [-0.25, -0.2) is 0 Å². The van der Waals surface area contributed by atoms with Gasteiger partial charge in [0.1, 0.15) is 0 Å². The first-order valence-electron chi connectivity index (χ1n) is 5.17. The third-order valence-corrected chi connectivity index (χ3v) is 3.44. The molecule has 1 aromatic carbocycles. The van der Waals surface area contributed by atoms with Crippen molar-refractivity contribution < 1.29 is 0 Å². The van der Waals surface area contributed by atoms with Crippen LogP contribution < -0.4 is 10.6 Å². The second kappa shape index (κ2) is 5.53. The molecule has 0 fully saturated rings. The highest BCUT2D eigenvalue weighted by Gasteiger charge is 2.07. The minimum Gasteiger partial charge on any atom is -0.368 e. The van der Waals surface area contributed by atoms with Crippen molar-refractivity contribution in [1.29, 1.82) is 0 Å². The van der Waals surface area contributed by atoms with Crippen molar-refractivity contribution in [2.24, 2.45) is 0 Å². The Morgan fingerprint density at radius 1 is 1.11 bits per heavy atom. The third-order valence-electron chi connectivity index (χ3n) is 2.04. The molecule has 18 heavy (non-hydrogen) atoms.